The van der Waals surface area contributed by atoms with Crippen LogP contribution in [0.25, 0.3) is 0 Å². The zero-order valence-corrected chi connectivity index (χ0v) is 27.4. The van der Waals surface area contributed by atoms with Crippen LogP contribution < -0.4 is 10.6 Å². The molecule has 0 aromatic rings. The minimum Gasteiger partial charge on any atom is -0.316 e. The Labute approximate surface area is 255 Å². The summed E-state index contributed by atoms with van der Waals surface area (Å²) >= 11 is 0. The second-order valence-electron chi connectivity index (χ2n) is 15.1. The van der Waals surface area contributed by atoms with Crippen molar-refractivity contribution >= 4 is 0 Å². The van der Waals surface area contributed by atoms with Gasteiger partial charge in [-0.05, 0) is 81.0 Å². The van der Waals surface area contributed by atoms with Crippen LogP contribution in [0.4, 0.5) is 0 Å². The molecule has 3 aliphatic carbocycles. The predicted octanol–water partition coefficient (Wildman–Crippen LogP) is 10.0. The maximum Gasteiger partial charge on any atom is 0.00388 e. The Morgan fingerprint density at radius 3 is 1.38 bits per heavy atom. The second kappa shape index (κ2) is 22.4. The Morgan fingerprint density at radius 2 is 1.05 bits per heavy atom. The van der Waals surface area contributed by atoms with Gasteiger partial charge in [0.05, 0.1) is 0 Å². The first-order valence-corrected chi connectivity index (χ1v) is 17.3. The van der Waals surface area contributed by atoms with Gasteiger partial charge in [-0.15, -0.1) is 0 Å². The fraction of sp³-hybridized carbons (Fsp3) is 1.00. The molecule has 5 rings (SSSR count). The van der Waals surface area contributed by atoms with E-state index in [9.17, 15) is 0 Å². The second-order valence-corrected chi connectivity index (χ2v) is 15.1. The molecule has 2 heterocycles. The maximum atomic E-state index is 3.41. The van der Waals surface area contributed by atoms with Gasteiger partial charge in [-0.25, -0.2) is 0 Å². The van der Waals surface area contributed by atoms with Gasteiger partial charge in [-0.1, -0.05) is 114 Å². The Morgan fingerprint density at radius 1 is 0.600 bits per heavy atom. The first-order valence-electron chi connectivity index (χ1n) is 17.3. The lowest BCUT2D eigenvalue weighted by molar-refractivity contribution is 0.254. The maximum absolute atomic E-state index is 3.41. The van der Waals surface area contributed by atoms with Crippen LogP contribution in [0.5, 0.6) is 0 Å². The molecule has 2 aliphatic heterocycles. The smallest absolute Gasteiger partial charge is 0.00388 e. The van der Waals surface area contributed by atoms with E-state index in [4.69, 9.17) is 0 Å². The molecule has 242 valence electrons. The minimum absolute atomic E-state index is 0. The molecular weight excluding hydrogens is 486 g/mol. The molecule has 2 N–H and O–H groups in total. The molecule has 40 heavy (non-hydrogen) atoms. The molecule has 0 aromatic carbocycles. The fourth-order valence-corrected chi connectivity index (χ4v) is 7.07. The van der Waals surface area contributed by atoms with Crippen molar-refractivity contribution in [1.29, 1.82) is 0 Å². The van der Waals surface area contributed by atoms with Crippen molar-refractivity contribution in [3.63, 3.8) is 0 Å². The highest BCUT2D eigenvalue weighted by Gasteiger charge is 2.36. The molecule has 0 aromatic heterocycles. The SMILES string of the molecule is C.C.CC(C)CC1CCC1.CC(C)CC1CCCCC1.CC(C)N1CC2CCCC2C1.CC(C)NCC1CNC1. The quantitative estimate of drug-likeness (QED) is 0.306. The summed E-state index contributed by atoms with van der Waals surface area (Å²) in [5, 5.41) is 6.65. The summed E-state index contributed by atoms with van der Waals surface area (Å²) < 4.78 is 0. The number of rotatable bonds is 8. The Bertz CT molecular complexity index is 546. The van der Waals surface area contributed by atoms with E-state index in [1.165, 1.54) is 116 Å². The third kappa shape index (κ3) is 17.1. The molecule has 2 saturated heterocycles. The third-order valence-corrected chi connectivity index (χ3v) is 9.72. The van der Waals surface area contributed by atoms with Gasteiger partial charge < -0.3 is 15.5 Å². The lowest BCUT2D eigenvalue weighted by Crippen LogP contribution is -2.48. The van der Waals surface area contributed by atoms with Gasteiger partial charge in [0.2, 0.25) is 0 Å². The Hall–Kier alpha value is -0.120. The van der Waals surface area contributed by atoms with Crippen molar-refractivity contribution in [2.75, 3.05) is 32.7 Å². The predicted molar refractivity (Wildman–Crippen MR) is 183 cm³/mol. The molecule has 0 amide bonds. The van der Waals surface area contributed by atoms with Crippen LogP contribution in [-0.4, -0.2) is 49.7 Å². The molecule has 5 aliphatic rings. The van der Waals surface area contributed by atoms with E-state index in [2.05, 4.69) is 70.9 Å². The van der Waals surface area contributed by atoms with Crippen LogP contribution in [0.3, 0.4) is 0 Å². The molecule has 3 heteroatoms. The van der Waals surface area contributed by atoms with Gasteiger partial charge in [0, 0.05) is 44.8 Å². The van der Waals surface area contributed by atoms with E-state index in [1.807, 2.05) is 0 Å². The van der Waals surface area contributed by atoms with E-state index in [0.717, 1.165) is 47.5 Å². The highest BCUT2D eigenvalue weighted by Crippen LogP contribution is 2.38. The highest BCUT2D eigenvalue weighted by molar-refractivity contribution is 4.89. The summed E-state index contributed by atoms with van der Waals surface area (Å²) in [4.78, 5) is 2.65. The van der Waals surface area contributed by atoms with Crippen molar-refractivity contribution < 1.29 is 0 Å². The third-order valence-electron chi connectivity index (χ3n) is 9.72. The largest absolute Gasteiger partial charge is 0.316 e. The van der Waals surface area contributed by atoms with E-state index in [0.29, 0.717) is 6.04 Å². The van der Waals surface area contributed by atoms with Crippen molar-refractivity contribution in [3.8, 4) is 0 Å². The average Bonchev–Trinajstić information content (AvgIpc) is 3.39. The van der Waals surface area contributed by atoms with E-state index in [-0.39, 0.29) is 14.9 Å². The average molecular weight is 566 g/mol. The topological polar surface area (TPSA) is 27.3 Å². The first-order chi connectivity index (χ1) is 18.1. The number of nitrogens with one attached hydrogen (secondary N) is 2. The molecule has 3 nitrogen and oxygen atoms in total. The number of nitrogens with zero attached hydrogens (tertiary/aromatic N) is 1. The number of hydrogen-bond donors (Lipinski definition) is 2. The Kier molecular flexibility index (Phi) is 22.4. The molecule has 2 atom stereocenters. The normalized spacial score (nSPS) is 24.9. The van der Waals surface area contributed by atoms with Gasteiger partial charge in [-0.2, -0.15) is 0 Å². The summed E-state index contributed by atoms with van der Waals surface area (Å²) in [6.45, 7) is 24.7. The lowest BCUT2D eigenvalue weighted by Gasteiger charge is -2.28. The van der Waals surface area contributed by atoms with Crippen molar-refractivity contribution in [3.05, 3.63) is 0 Å². The van der Waals surface area contributed by atoms with Crippen molar-refractivity contribution in [2.45, 2.75) is 166 Å². The summed E-state index contributed by atoms with van der Waals surface area (Å²) in [6.07, 6.45) is 19.5. The van der Waals surface area contributed by atoms with Crippen LogP contribution in [-0.2, 0) is 0 Å². The van der Waals surface area contributed by atoms with Gasteiger partial charge in [0.25, 0.3) is 0 Å². The first kappa shape index (κ1) is 39.9. The van der Waals surface area contributed by atoms with Crippen LogP contribution in [0.2, 0.25) is 0 Å². The van der Waals surface area contributed by atoms with E-state index >= 15 is 0 Å². The van der Waals surface area contributed by atoms with E-state index in [1.54, 1.807) is 0 Å². The molecule has 5 fully saturated rings. The molecule has 2 unspecified atom stereocenters. The van der Waals surface area contributed by atoms with Gasteiger partial charge in [0.15, 0.2) is 0 Å². The molecule has 3 saturated carbocycles. The van der Waals surface area contributed by atoms with Crippen molar-refractivity contribution in [1.82, 2.24) is 15.5 Å². The van der Waals surface area contributed by atoms with Crippen LogP contribution in [0.1, 0.15) is 154 Å². The van der Waals surface area contributed by atoms with Crippen molar-refractivity contribution in [2.24, 2.45) is 41.4 Å². The molecular formula is C37H79N3. The van der Waals surface area contributed by atoms with E-state index < -0.39 is 0 Å². The number of likely N-dealkylation sites (tertiary alicyclic amines) is 1. The van der Waals surface area contributed by atoms with Crippen LogP contribution in [0.15, 0.2) is 0 Å². The monoisotopic (exact) mass is 566 g/mol. The molecule has 0 radical (unpaired) electrons. The Balaban J connectivity index is 0.000000502. The van der Waals surface area contributed by atoms with Gasteiger partial charge >= 0.3 is 0 Å². The molecule has 0 spiro atoms. The fourth-order valence-electron chi connectivity index (χ4n) is 7.07. The van der Waals surface area contributed by atoms with Crippen LogP contribution in [0, 0.1) is 41.4 Å². The summed E-state index contributed by atoms with van der Waals surface area (Å²) in [7, 11) is 0. The minimum atomic E-state index is 0. The summed E-state index contributed by atoms with van der Waals surface area (Å²) in [5.41, 5.74) is 0. The number of hydrogen-bond acceptors (Lipinski definition) is 3. The zero-order valence-electron chi connectivity index (χ0n) is 27.4. The highest BCUT2D eigenvalue weighted by atomic mass is 15.2. The number of fused-ring (bicyclic) bond motifs is 1. The lowest BCUT2D eigenvalue weighted by atomic mass is 9.80. The summed E-state index contributed by atoms with van der Waals surface area (Å²) in [6, 6.07) is 1.42. The zero-order chi connectivity index (χ0) is 27.9. The molecule has 0 bridgehead atoms. The standard InChI is InChI=1S/C10H19N.C10H20.C8H16.C7H16N2.2CH4/c1-8(2)11-6-9-4-3-5-10(9)7-11;1-9(2)8-10-6-4-3-5-7-10;1-7(2)6-8-4-3-5-8;1-6(2)9-5-7-3-8-4-7;;/h8-10H,3-7H2,1-2H3;9-10H,3-8H2,1-2H3;7-8H,3-6H2,1-2H3;6-9H,3-5H2,1-2H3;2*1H4. The van der Waals surface area contributed by atoms with Crippen LogP contribution >= 0.6 is 0 Å². The van der Waals surface area contributed by atoms with Gasteiger partial charge in [-0.3, -0.25) is 0 Å². The summed E-state index contributed by atoms with van der Waals surface area (Å²) in [5.74, 6) is 7.06. The van der Waals surface area contributed by atoms with Gasteiger partial charge in [0.1, 0.15) is 0 Å².